The molecule has 1 aliphatic carbocycles. The molecule has 0 spiro atoms. The van der Waals surface area contributed by atoms with Gasteiger partial charge in [0.1, 0.15) is 12.3 Å². The van der Waals surface area contributed by atoms with E-state index in [0.29, 0.717) is 0 Å². The second-order valence-electron chi connectivity index (χ2n) is 7.52. The number of hydrogen-bond donors (Lipinski definition) is 5. The fourth-order valence-electron chi connectivity index (χ4n) is 3.78. The van der Waals surface area contributed by atoms with E-state index in [4.69, 9.17) is 9.84 Å². The van der Waals surface area contributed by atoms with Gasteiger partial charge in [0.25, 0.3) is 5.91 Å². The monoisotopic (exact) mass is 450 g/mol. The molecule has 0 fully saturated rings. The lowest BCUT2D eigenvalue weighted by atomic mass is 9.98. The number of aromatic amines is 1. The van der Waals surface area contributed by atoms with Crippen molar-refractivity contribution in [3.63, 3.8) is 0 Å². The molecule has 0 saturated heterocycles. The van der Waals surface area contributed by atoms with Crippen LogP contribution in [-0.4, -0.2) is 57.6 Å². The van der Waals surface area contributed by atoms with Gasteiger partial charge >= 0.3 is 12.1 Å². The molecule has 2 aromatic carbocycles. The minimum absolute atomic E-state index is 0.0412. The minimum atomic E-state index is -1.56. The van der Waals surface area contributed by atoms with Gasteiger partial charge in [-0.05, 0) is 22.3 Å². The lowest BCUT2D eigenvalue weighted by molar-refractivity contribution is -0.146. The molecule has 0 saturated carbocycles. The van der Waals surface area contributed by atoms with Crippen molar-refractivity contribution in [1.29, 1.82) is 0 Å². The number of aromatic nitrogens is 2. The van der Waals surface area contributed by atoms with Gasteiger partial charge in [0.15, 0.2) is 11.9 Å². The summed E-state index contributed by atoms with van der Waals surface area (Å²) in [5, 5.41) is 29.1. The first-order valence-electron chi connectivity index (χ1n) is 10.3. The normalized spacial score (nSPS) is 13.0. The molecule has 10 nitrogen and oxygen atoms in total. The molecule has 5 N–H and O–H groups in total. The molecule has 170 valence electrons. The van der Waals surface area contributed by atoms with Crippen LogP contribution >= 0.6 is 0 Å². The Balaban J connectivity index is 1.31. The highest BCUT2D eigenvalue weighted by Crippen LogP contribution is 2.44. The summed E-state index contributed by atoms with van der Waals surface area (Å²) in [4.78, 5) is 35.0. The van der Waals surface area contributed by atoms with E-state index in [0.717, 1.165) is 22.3 Å². The molecule has 0 aliphatic heterocycles. The van der Waals surface area contributed by atoms with Crippen molar-refractivity contribution < 1.29 is 29.3 Å². The number of carbonyl (C=O) groups excluding carboxylic acids is 2. The van der Waals surface area contributed by atoms with Crippen LogP contribution in [-0.2, 0) is 9.53 Å². The smallest absolute Gasteiger partial charge is 0.412 e. The lowest BCUT2D eigenvalue weighted by Gasteiger charge is -2.14. The predicted octanol–water partition coefficient (Wildman–Crippen LogP) is 2.34. The number of fused-ring (bicyclic) bond motifs is 3. The number of nitrogens with zero attached hydrogens (tertiary/aromatic N) is 1. The lowest BCUT2D eigenvalue weighted by Crippen LogP contribution is -2.30. The molecular formula is C23H22N4O6. The van der Waals surface area contributed by atoms with Crippen LogP contribution in [0.3, 0.4) is 0 Å². The average molecular weight is 450 g/mol. The largest absolute Gasteiger partial charge is 0.479 e. The predicted molar refractivity (Wildman–Crippen MR) is 118 cm³/mol. The van der Waals surface area contributed by atoms with Gasteiger partial charge in [0.2, 0.25) is 0 Å². The molecule has 0 radical (unpaired) electrons. The first kappa shape index (κ1) is 22.0. The summed E-state index contributed by atoms with van der Waals surface area (Å²) < 4.78 is 5.44. The van der Waals surface area contributed by atoms with E-state index in [1.165, 1.54) is 6.07 Å². The van der Waals surface area contributed by atoms with E-state index in [-0.39, 0.29) is 37.0 Å². The molecule has 1 aromatic heterocycles. The summed E-state index contributed by atoms with van der Waals surface area (Å²) in [6, 6.07) is 17.3. The van der Waals surface area contributed by atoms with Gasteiger partial charge in [-0.15, -0.1) is 0 Å². The molecule has 33 heavy (non-hydrogen) atoms. The molecule has 1 heterocycles. The van der Waals surface area contributed by atoms with E-state index in [1.807, 2.05) is 48.5 Å². The Kier molecular flexibility index (Phi) is 6.36. The van der Waals surface area contributed by atoms with Crippen LogP contribution in [0.1, 0.15) is 34.0 Å². The van der Waals surface area contributed by atoms with Crippen LogP contribution in [0.4, 0.5) is 10.6 Å². The van der Waals surface area contributed by atoms with Crippen LogP contribution in [0.15, 0.2) is 54.6 Å². The number of aliphatic carboxylic acids is 1. The number of carbonyl (C=O) groups is 3. The molecule has 0 unspecified atom stereocenters. The van der Waals surface area contributed by atoms with Crippen molar-refractivity contribution in [2.45, 2.75) is 18.4 Å². The fourth-order valence-corrected chi connectivity index (χ4v) is 3.78. The maximum absolute atomic E-state index is 12.3. The minimum Gasteiger partial charge on any atom is -0.479 e. The molecule has 4 rings (SSSR count). The topological polar surface area (TPSA) is 154 Å². The van der Waals surface area contributed by atoms with Crippen molar-refractivity contribution in [2.24, 2.45) is 0 Å². The fraction of sp³-hybridized carbons (Fsp3) is 0.217. The number of rotatable bonds is 8. The van der Waals surface area contributed by atoms with E-state index in [9.17, 15) is 19.5 Å². The van der Waals surface area contributed by atoms with Gasteiger partial charge in [-0.2, -0.15) is 5.10 Å². The number of carboxylic acid groups (broad SMARTS) is 1. The summed E-state index contributed by atoms with van der Waals surface area (Å²) in [6.45, 7) is 0.101. The van der Waals surface area contributed by atoms with Crippen molar-refractivity contribution in [1.82, 2.24) is 15.5 Å². The zero-order valence-corrected chi connectivity index (χ0v) is 17.4. The summed E-state index contributed by atoms with van der Waals surface area (Å²) in [5.41, 5.74) is 4.51. The maximum atomic E-state index is 12.3. The Bertz CT molecular complexity index is 1150. The first-order chi connectivity index (χ1) is 15.9. The SMILES string of the molecule is O=C(Nc1cc(C(=O)NCC[C@H](O)C(=O)O)[nH]n1)OCC1c2ccccc2-c2ccccc21. The Morgan fingerprint density at radius 1 is 1.06 bits per heavy atom. The Hall–Kier alpha value is -4.18. The Morgan fingerprint density at radius 3 is 2.33 bits per heavy atom. The van der Waals surface area contributed by atoms with Crippen LogP contribution in [0, 0.1) is 0 Å². The first-order valence-corrected chi connectivity index (χ1v) is 10.3. The van der Waals surface area contributed by atoms with E-state index in [2.05, 4.69) is 20.8 Å². The number of benzene rings is 2. The van der Waals surface area contributed by atoms with Gasteiger partial charge in [-0.3, -0.25) is 15.2 Å². The van der Waals surface area contributed by atoms with Crippen LogP contribution in [0.5, 0.6) is 0 Å². The summed E-state index contributed by atoms with van der Waals surface area (Å²) in [5.74, 6) is -1.89. The number of anilines is 1. The quantitative estimate of drug-likeness (QED) is 0.353. The number of nitrogens with one attached hydrogen (secondary N) is 3. The van der Waals surface area contributed by atoms with Crippen LogP contribution in [0.2, 0.25) is 0 Å². The zero-order valence-electron chi connectivity index (χ0n) is 17.4. The van der Waals surface area contributed by atoms with Gasteiger partial charge in [-0.1, -0.05) is 48.5 Å². The van der Waals surface area contributed by atoms with Crippen molar-refractivity contribution in [3.05, 3.63) is 71.4 Å². The van der Waals surface area contributed by atoms with E-state index in [1.54, 1.807) is 0 Å². The summed E-state index contributed by atoms with van der Waals surface area (Å²) >= 11 is 0. The molecular weight excluding hydrogens is 428 g/mol. The highest BCUT2D eigenvalue weighted by atomic mass is 16.5. The number of aliphatic hydroxyl groups excluding tert-OH is 1. The molecule has 10 heteroatoms. The number of carboxylic acids is 1. The third-order valence-corrected chi connectivity index (χ3v) is 5.38. The number of H-pyrrole nitrogens is 1. The second kappa shape index (κ2) is 9.53. The Labute approximate surface area is 188 Å². The van der Waals surface area contributed by atoms with E-state index >= 15 is 0 Å². The molecule has 1 atom stereocenters. The highest BCUT2D eigenvalue weighted by Gasteiger charge is 2.29. The van der Waals surface area contributed by atoms with Crippen molar-refractivity contribution >= 4 is 23.8 Å². The summed E-state index contributed by atoms with van der Waals surface area (Å²) in [6.07, 6.45) is -2.40. The molecule has 2 amide bonds. The number of amides is 2. The van der Waals surface area contributed by atoms with Crippen molar-refractivity contribution in [3.8, 4) is 11.1 Å². The van der Waals surface area contributed by atoms with Crippen LogP contribution < -0.4 is 10.6 Å². The van der Waals surface area contributed by atoms with Gasteiger partial charge in [0.05, 0.1) is 0 Å². The summed E-state index contributed by atoms with van der Waals surface area (Å²) in [7, 11) is 0. The molecule has 3 aromatic rings. The van der Waals surface area contributed by atoms with Crippen molar-refractivity contribution in [2.75, 3.05) is 18.5 Å². The van der Waals surface area contributed by atoms with Gasteiger partial charge < -0.3 is 20.3 Å². The molecule has 1 aliphatic rings. The second-order valence-corrected chi connectivity index (χ2v) is 7.52. The number of hydrogen-bond acceptors (Lipinski definition) is 6. The maximum Gasteiger partial charge on any atom is 0.412 e. The van der Waals surface area contributed by atoms with Gasteiger partial charge in [-0.25, -0.2) is 9.59 Å². The third-order valence-electron chi connectivity index (χ3n) is 5.38. The standard InChI is InChI=1S/C23H22N4O6/c28-19(22(30)31)9-10-24-21(29)18-11-20(27-26-18)25-23(32)33-12-17-15-7-3-1-5-13(15)14-6-2-4-8-16(14)17/h1-8,11,17,19,28H,9-10,12H2,(H,24,29)(H,30,31)(H2,25,26,27,32)/t19-/m0/s1. The van der Waals surface area contributed by atoms with E-state index < -0.39 is 24.1 Å². The zero-order chi connectivity index (χ0) is 23.4. The molecule has 0 bridgehead atoms. The third kappa shape index (κ3) is 4.85. The highest BCUT2D eigenvalue weighted by molar-refractivity contribution is 5.94. The number of ether oxygens (including phenoxy) is 1. The van der Waals surface area contributed by atoms with Gasteiger partial charge in [0, 0.05) is 24.9 Å². The van der Waals surface area contributed by atoms with Crippen LogP contribution in [0.25, 0.3) is 11.1 Å². The number of aliphatic hydroxyl groups is 1. The Morgan fingerprint density at radius 2 is 1.70 bits per heavy atom. The average Bonchev–Trinajstić information content (AvgIpc) is 3.40.